The molecule has 9 heteroatoms. The van der Waals surface area contributed by atoms with E-state index in [0.717, 1.165) is 19.3 Å². The first kappa shape index (κ1) is 17.9. The molecular formula is C14H23N3O5S. The molecule has 130 valence electrons. The van der Waals surface area contributed by atoms with Crippen LogP contribution in [-0.2, 0) is 19.6 Å². The second-order valence-corrected chi connectivity index (χ2v) is 7.37. The molecule has 1 atom stereocenters. The van der Waals surface area contributed by atoms with Gasteiger partial charge in [-0.3, -0.25) is 9.48 Å². The highest BCUT2D eigenvalue weighted by atomic mass is 32.2. The lowest BCUT2D eigenvalue weighted by Gasteiger charge is -2.22. The molecule has 2 heterocycles. The molecule has 0 bridgehead atoms. The van der Waals surface area contributed by atoms with Crippen LogP contribution in [0.1, 0.15) is 45.1 Å². The summed E-state index contributed by atoms with van der Waals surface area (Å²) in [7, 11) is -3.90. The molecule has 1 aliphatic heterocycles. The van der Waals surface area contributed by atoms with Crippen molar-refractivity contribution in [2.24, 2.45) is 0 Å². The molecule has 1 aliphatic rings. The third-order valence-electron chi connectivity index (χ3n) is 3.89. The predicted octanol–water partition coefficient (Wildman–Crippen LogP) is 1.16. The molecule has 0 unspecified atom stereocenters. The lowest BCUT2D eigenvalue weighted by Crippen LogP contribution is -2.40. The number of hydrogen-bond donors (Lipinski definition) is 2. The maximum Gasteiger partial charge on any atom is 0.321 e. The Labute approximate surface area is 135 Å². The van der Waals surface area contributed by atoms with Gasteiger partial charge < -0.3 is 9.84 Å². The first-order valence-electron chi connectivity index (χ1n) is 7.81. The van der Waals surface area contributed by atoms with E-state index in [2.05, 4.69) is 9.82 Å². The highest BCUT2D eigenvalue weighted by Gasteiger charge is 2.27. The smallest absolute Gasteiger partial charge is 0.321 e. The Morgan fingerprint density at radius 2 is 2.22 bits per heavy atom. The lowest BCUT2D eigenvalue weighted by molar-refractivity contribution is -0.139. The molecule has 0 saturated carbocycles. The minimum atomic E-state index is -3.90. The van der Waals surface area contributed by atoms with Gasteiger partial charge in [0.25, 0.3) is 0 Å². The minimum Gasteiger partial charge on any atom is -0.480 e. The van der Waals surface area contributed by atoms with E-state index >= 15 is 0 Å². The SMILES string of the molecule is CCCC[C@H](NS(=O)(=O)c1cnn(C2CCOCC2)c1)C(=O)O. The Morgan fingerprint density at radius 1 is 1.52 bits per heavy atom. The van der Waals surface area contributed by atoms with Crippen LogP contribution in [0.2, 0.25) is 0 Å². The predicted molar refractivity (Wildman–Crippen MR) is 82.6 cm³/mol. The number of aliphatic carboxylic acids is 1. The van der Waals surface area contributed by atoms with E-state index in [1.54, 1.807) is 4.68 Å². The van der Waals surface area contributed by atoms with Crippen molar-refractivity contribution in [1.29, 1.82) is 0 Å². The van der Waals surface area contributed by atoms with Gasteiger partial charge in [-0.25, -0.2) is 8.42 Å². The zero-order valence-electron chi connectivity index (χ0n) is 13.1. The second kappa shape index (κ2) is 7.89. The van der Waals surface area contributed by atoms with Crippen LogP contribution < -0.4 is 4.72 Å². The number of rotatable bonds is 8. The Bertz CT molecular complexity index is 622. The number of aromatic nitrogens is 2. The van der Waals surface area contributed by atoms with Crippen LogP contribution in [0.4, 0.5) is 0 Å². The molecule has 2 N–H and O–H groups in total. The zero-order chi connectivity index (χ0) is 16.9. The monoisotopic (exact) mass is 345 g/mol. The summed E-state index contributed by atoms with van der Waals surface area (Å²) in [5.74, 6) is -1.17. The lowest BCUT2D eigenvalue weighted by atomic mass is 10.1. The fourth-order valence-electron chi connectivity index (χ4n) is 2.51. The molecule has 0 spiro atoms. The van der Waals surface area contributed by atoms with Crippen molar-refractivity contribution < 1.29 is 23.1 Å². The van der Waals surface area contributed by atoms with Crippen LogP contribution >= 0.6 is 0 Å². The molecule has 0 aliphatic carbocycles. The molecule has 1 fully saturated rings. The quantitative estimate of drug-likeness (QED) is 0.731. The molecule has 1 saturated heterocycles. The first-order valence-corrected chi connectivity index (χ1v) is 9.29. The van der Waals surface area contributed by atoms with Gasteiger partial charge in [0.05, 0.1) is 12.2 Å². The van der Waals surface area contributed by atoms with E-state index < -0.39 is 22.0 Å². The summed E-state index contributed by atoms with van der Waals surface area (Å²) < 4.78 is 33.9. The van der Waals surface area contributed by atoms with Crippen molar-refractivity contribution in [3.05, 3.63) is 12.4 Å². The van der Waals surface area contributed by atoms with Gasteiger partial charge in [-0.1, -0.05) is 19.8 Å². The van der Waals surface area contributed by atoms with Gasteiger partial charge in [-0.15, -0.1) is 0 Å². The molecule has 1 aromatic heterocycles. The van der Waals surface area contributed by atoms with Crippen molar-refractivity contribution in [2.45, 2.75) is 56.0 Å². The van der Waals surface area contributed by atoms with E-state index in [1.165, 1.54) is 12.4 Å². The van der Waals surface area contributed by atoms with Crippen molar-refractivity contribution in [3.63, 3.8) is 0 Å². The third kappa shape index (κ3) is 4.76. The van der Waals surface area contributed by atoms with E-state index in [0.29, 0.717) is 19.6 Å². The average molecular weight is 345 g/mol. The number of nitrogens with zero attached hydrogens (tertiary/aromatic N) is 2. The minimum absolute atomic E-state index is 0.00765. The van der Waals surface area contributed by atoms with Gasteiger partial charge in [-0.2, -0.15) is 9.82 Å². The van der Waals surface area contributed by atoms with Gasteiger partial charge in [0.2, 0.25) is 10.0 Å². The molecule has 1 aromatic rings. The van der Waals surface area contributed by atoms with Gasteiger partial charge in [0.15, 0.2) is 0 Å². The van der Waals surface area contributed by atoms with Crippen molar-refractivity contribution in [2.75, 3.05) is 13.2 Å². The Kier molecular flexibility index (Phi) is 6.14. The second-order valence-electron chi connectivity index (χ2n) is 5.65. The molecule has 8 nitrogen and oxygen atoms in total. The van der Waals surface area contributed by atoms with Crippen LogP contribution in [0, 0.1) is 0 Å². The summed E-state index contributed by atoms with van der Waals surface area (Å²) in [5.41, 5.74) is 0. The number of unbranched alkanes of at least 4 members (excludes halogenated alkanes) is 1. The number of carboxylic acid groups (broad SMARTS) is 1. The van der Waals surface area contributed by atoms with E-state index in [-0.39, 0.29) is 17.4 Å². The average Bonchev–Trinajstić information content (AvgIpc) is 3.03. The summed E-state index contributed by atoms with van der Waals surface area (Å²) in [6.07, 6.45) is 5.98. The largest absolute Gasteiger partial charge is 0.480 e. The molecule has 0 amide bonds. The summed E-state index contributed by atoms with van der Waals surface area (Å²) in [6.45, 7) is 3.18. The maximum atomic E-state index is 12.4. The van der Waals surface area contributed by atoms with Crippen LogP contribution in [0.5, 0.6) is 0 Å². The molecule has 2 rings (SSSR count). The summed E-state index contributed by atoms with van der Waals surface area (Å²) in [5, 5.41) is 13.3. The van der Waals surface area contributed by atoms with E-state index in [4.69, 9.17) is 9.84 Å². The normalized spacial score (nSPS) is 18.0. The number of nitrogens with one attached hydrogen (secondary N) is 1. The number of carbonyl (C=O) groups is 1. The van der Waals surface area contributed by atoms with Crippen LogP contribution in [0.25, 0.3) is 0 Å². The fourth-order valence-corrected chi connectivity index (χ4v) is 3.67. The molecule has 0 radical (unpaired) electrons. The molecular weight excluding hydrogens is 322 g/mol. The highest BCUT2D eigenvalue weighted by Crippen LogP contribution is 2.21. The van der Waals surface area contributed by atoms with Crippen molar-refractivity contribution in [3.8, 4) is 0 Å². The maximum absolute atomic E-state index is 12.4. The number of carboxylic acids is 1. The first-order chi connectivity index (χ1) is 10.9. The Hall–Kier alpha value is -1.45. The Balaban J connectivity index is 2.09. The summed E-state index contributed by atoms with van der Waals surface area (Å²) in [4.78, 5) is 11.2. The standard InChI is InChI=1S/C14H23N3O5S/c1-2-3-4-13(14(18)19)16-23(20,21)12-9-15-17(10-12)11-5-7-22-8-6-11/h9-11,13,16H,2-8H2,1H3,(H,18,19)/t13-/m0/s1. The number of hydrogen-bond acceptors (Lipinski definition) is 5. The van der Waals surface area contributed by atoms with Crippen molar-refractivity contribution >= 4 is 16.0 Å². The summed E-state index contributed by atoms with van der Waals surface area (Å²) >= 11 is 0. The van der Waals surface area contributed by atoms with Gasteiger partial charge >= 0.3 is 5.97 Å². The number of ether oxygens (including phenoxy) is 1. The topological polar surface area (TPSA) is 111 Å². The van der Waals surface area contributed by atoms with Gasteiger partial charge in [0, 0.05) is 19.4 Å². The Morgan fingerprint density at radius 3 is 2.83 bits per heavy atom. The highest BCUT2D eigenvalue weighted by molar-refractivity contribution is 7.89. The molecule has 23 heavy (non-hydrogen) atoms. The van der Waals surface area contributed by atoms with Crippen LogP contribution in [0.3, 0.4) is 0 Å². The van der Waals surface area contributed by atoms with E-state index in [9.17, 15) is 13.2 Å². The zero-order valence-corrected chi connectivity index (χ0v) is 14.0. The molecule has 0 aromatic carbocycles. The fraction of sp³-hybridized carbons (Fsp3) is 0.714. The number of sulfonamides is 1. The van der Waals surface area contributed by atoms with Gasteiger partial charge in [0.1, 0.15) is 10.9 Å². The summed E-state index contributed by atoms with van der Waals surface area (Å²) in [6, 6.07) is -1.01. The van der Waals surface area contributed by atoms with E-state index in [1.807, 2.05) is 6.92 Å². The van der Waals surface area contributed by atoms with Crippen molar-refractivity contribution in [1.82, 2.24) is 14.5 Å². The van der Waals surface area contributed by atoms with Crippen LogP contribution in [0.15, 0.2) is 17.3 Å². The van der Waals surface area contributed by atoms with Crippen LogP contribution in [-0.4, -0.2) is 48.5 Å². The third-order valence-corrected chi connectivity index (χ3v) is 5.32. The van der Waals surface area contributed by atoms with Gasteiger partial charge in [-0.05, 0) is 19.3 Å².